The van der Waals surface area contributed by atoms with Crippen molar-refractivity contribution in [3.8, 4) is 0 Å². The molecule has 0 atom stereocenters. The highest BCUT2D eigenvalue weighted by Gasteiger charge is 2.56. The predicted molar refractivity (Wildman–Crippen MR) is 61.7 cm³/mol. The van der Waals surface area contributed by atoms with Crippen LogP contribution in [0.4, 0.5) is 0 Å². The standard InChI is InChI=1S/C14H20O2/c1-3-13(15)16-14(2)11-5-9-4-10(7-11)8-12(14)6-9/h3,9-12H,1,4-8H2,2H3. The van der Waals surface area contributed by atoms with Crippen molar-refractivity contribution in [2.45, 2.75) is 44.6 Å². The molecule has 4 rings (SSSR count). The van der Waals surface area contributed by atoms with Crippen LogP contribution in [0.25, 0.3) is 0 Å². The van der Waals surface area contributed by atoms with Gasteiger partial charge in [0.1, 0.15) is 5.60 Å². The van der Waals surface area contributed by atoms with Gasteiger partial charge < -0.3 is 4.74 Å². The second-order valence-corrected chi connectivity index (χ2v) is 6.11. The van der Waals surface area contributed by atoms with Gasteiger partial charge >= 0.3 is 5.97 Å². The molecule has 0 saturated heterocycles. The lowest BCUT2D eigenvalue weighted by Gasteiger charge is -2.58. The Bertz CT molecular complexity index is 304. The summed E-state index contributed by atoms with van der Waals surface area (Å²) in [4.78, 5) is 11.5. The lowest BCUT2D eigenvalue weighted by Crippen LogP contribution is -2.57. The fourth-order valence-corrected chi connectivity index (χ4v) is 4.55. The molecule has 0 spiro atoms. The molecule has 0 unspecified atom stereocenters. The summed E-state index contributed by atoms with van der Waals surface area (Å²) >= 11 is 0. The second kappa shape index (κ2) is 3.35. The highest BCUT2D eigenvalue weighted by Crippen LogP contribution is 2.59. The number of carbonyl (C=O) groups excluding carboxylic acids is 1. The Morgan fingerprint density at radius 3 is 2.12 bits per heavy atom. The minimum Gasteiger partial charge on any atom is -0.456 e. The Morgan fingerprint density at radius 2 is 1.69 bits per heavy atom. The Labute approximate surface area is 97.1 Å². The van der Waals surface area contributed by atoms with Crippen LogP contribution in [0.15, 0.2) is 12.7 Å². The molecule has 0 aromatic rings. The van der Waals surface area contributed by atoms with Crippen LogP contribution < -0.4 is 0 Å². The zero-order valence-corrected chi connectivity index (χ0v) is 9.95. The maximum absolute atomic E-state index is 11.5. The van der Waals surface area contributed by atoms with Gasteiger partial charge in [0.25, 0.3) is 0 Å². The normalized spacial score (nSPS) is 49.1. The fourth-order valence-electron chi connectivity index (χ4n) is 4.55. The van der Waals surface area contributed by atoms with Gasteiger partial charge in [0.15, 0.2) is 0 Å². The zero-order valence-electron chi connectivity index (χ0n) is 9.95. The van der Waals surface area contributed by atoms with E-state index in [1.165, 1.54) is 38.2 Å². The van der Waals surface area contributed by atoms with E-state index in [9.17, 15) is 4.79 Å². The Morgan fingerprint density at radius 1 is 1.19 bits per heavy atom. The molecule has 88 valence electrons. The zero-order chi connectivity index (χ0) is 11.3. The molecule has 4 aliphatic carbocycles. The van der Waals surface area contributed by atoms with Crippen LogP contribution in [0.3, 0.4) is 0 Å². The highest BCUT2D eigenvalue weighted by molar-refractivity contribution is 5.81. The van der Waals surface area contributed by atoms with Gasteiger partial charge in [-0.25, -0.2) is 4.79 Å². The van der Waals surface area contributed by atoms with Gasteiger partial charge in [-0.3, -0.25) is 0 Å². The van der Waals surface area contributed by atoms with E-state index in [4.69, 9.17) is 4.74 Å². The lowest BCUT2D eigenvalue weighted by molar-refractivity contribution is -0.198. The van der Waals surface area contributed by atoms with Gasteiger partial charge in [-0.2, -0.15) is 0 Å². The van der Waals surface area contributed by atoms with Gasteiger partial charge in [-0.05, 0) is 62.7 Å². The molecule has 0 amide bonds. The molecular weight excluding hydrogens is 200 g/mol. The summed E-state index contributed by atoms with van der Waals surface area (Å²) in [6.45, 7) is 5.65. The number of hydrogen-bond acceptors (Lipinski definition) is 2. The third kappa shape index (κ3) is 1.35. The van der Waals surface area contributed by atoms with Crippen LogP contribution in [0.1, 0.15) is 39.0 Å². The molecule has 4 bridgehead atoms. The number of carbonyl (C=O) groups is 1. The molecule has 2 heteroatoms. The van der Waals surface area contributed by atoms with Crippen molar-refractivity contribution in [1.29, 1.82) is 0 Å². The van der Waals surface area contributed by atoms with Gasteiger partial charge in [0.05, 0.1) is 0 Å². The third-order valence-electron chi connectivity index (χ3n) is 5.25. The minimum absolute atomic E-state index is 0.196. The molecule has 16 heavy (non-hydrogen) atoms. The van der Waals surface area contributed by atoms with E-state index in [0.29, 0.717) is 11.8 Å². The molecule has 4 saturated carbocycles. The summed E-state index contributed by atoms with van der Waals surface area (Å²) in [6.07, 6.45) is 7.82. The quantitative estimate of drug-likeness (QED) is 0.528. The fraction of sp³-hybridized carbons (Fsp3) is 0.786. The summed E-state index contributed by atoms with van der Waals surface area (Å²) in [7, 11) is 0. The first-order valence-electron chi connectivity index (χ1n) is 6.47. The van der Waals surface area contributed by atoms with Crippen molar-refractivity contribution in [3.05, 3.63) is 12.7 Å². The first-order valence-corrected chi connectivity index (χ1v) is 6.47. The molecule has 4 fully saturated rings. The third-order valence-corrected chi connectivity index (χ3v) is 5.25. The Hall–Kier alpha value is -0.790. The molecular formula is C14H20O2. The number of rotatable bonds is 2. The van der Waals surface area contributed by atoms with Gasteiger partial charge in [-0.15, -0.1) is 0 Å². The highest BCUT2D eigenvalue weighted by atomic mass is 16.6. The van der Waals surface area contributed by atoms with Crippen molar-refractivity contribution in [2.75, 3.05) is 0 Å². The van der Waals surface area contributed by atoms with Crippen molar-refractivity contribution in [1.82, 2.24) is 0 Å². The van der Waals surface area contributed by atoms with Crippen molar-refractivity contribution >= 4 is 5.97 Å². The SMILES string of the molecule is C=CC(=O)OC1(C)C2CC3CC(C2)CC1C3. The van der Waals surface area contributed by atoms with E-state index in [-0.39, 0.29) is 11.6 Å². The first kappa shape index (κ1) is 10.4. The maximum Gasteiger partial charge on any atom is 0.330 e. The number of ether oxygens (including phenoxy) is 1. The average molecular weight is 220 g/mol. The van der Waals surface area contributed by atoms with Crippen LogP contribution in [-0.4, -0.2) is 11.6 Å². The van der Waals surface area contributed by atoms with Crippen molar-refractivity contribution < 1.29 is 9.53 Å². The topological polar surface area (TPSA) is 26.3 Å². The van der Waals surface area contributed by atoms with Crippen LogP contribution in [0.2, 0.25) is 0 Å². The van der Waals surface area contributed by atoms with E-state index in [1.807, 2.05) is 0 Å². The Kier molecular flexibility index (Phi) is 2.17. The summed E-state index contributed by atoms with van der Waals surface area (Å²) in [5.41, 5.74) is -0.196. The molecule has 4 aliphatic rings. The summed E-state index contributed by atoms with van der Waals surface area (Å²) < 4.78 is 5.71. The van der Waals surface area contributed by atoms with E-state index >= 15 is 0 Å². The van der Waals surface area contributed by atoms with Crippen LogP contribution in [-0.2, 0) is 9.53 Å². The molecule has 0 aliphatic heterocycles. The van der Waals surface area contributed by atoms with Gasteiger partial charge in [-0.1, -0.05) is 6.58 Å². The van der Waals surface area contributed by atoms with E-state index < -0.39 is 0 Å². The molecule has 0 radical (unpaired) electrons. The summed E-state index contributed by atoms with van der Waals surface area (Å²) in [5.74, 6) is 2.80. The monoisotopic (exact) mass is 220 g/mol. The van der Waals surface area contributed by atoms with E-state index in [0.717, 1.165) is 11.8 Å². The smallest absolute Gasteiger partial charge is 0.330 e. The largest absolute Gasteiger partial charge is 0.456 e. The van der Waals surface area contributed by atoms with Crippen molar-refractivity contribution in [3.63, 3.8) is 0 Å². The first-order chi connectivity index (χ1) is 7.61. The summed E-state index contributed by atoms with van der Waals surface area (Å²) in [6, 6.07) is 0. The van der Waals surface area contributed by atoms with Gasteiger partial charge in [0.2, 0.25) is 0 Å². The molecule has 0 heterocycles. The molecule has 0 aromatic heterocycles. The van der Waals surface area contributed by atoms with Gasteiger partial charge in [0, 0.05) is 6.08 Å². The predicted octanol–water partition coefficient (Wildman–Crippen LogP) is 2.93. The van der Waals surface area contributed by atoms with E-state index in [1.54, 1.807) is 0 Å². The number of esters is 1. The molecule has 0 N–H and O–H groups in total. The van der Waals surface area contributed by atoms with Crippen LogP contribution >= 0.6 is 0 Å². The lowest BCUT2D eigenvalue weighted by atomic mass is 9.50. The maximum atomic E-state index is 11.5. The summed E-state index contributed by atoms with van der Waals surface area (Å²) in [5, 5.41) is 0. The molecule has 2 nitrogen and oxygen atoms in total. The Balaban J connectivity index is 1.84. The minimum atomic E-state index is -0.241. The molecule has 0 aromatic carbocycles. The van der Waals surface area contributed by atoms with Crippen LogP contribution in [0.5, 0.6) is 0 Å². The number of hydrogen-bond donors (Lipinski definition) is 0. The average Bonchev–Trinajstić information content (AvgIpc) is 2.25. The van der Waals surface area contributed by atoms with Crippen molar-refractivity contribution in [2.24, 2.45) is 23.7 Å². The van der Waals surface area contributed by atoms with Crippen LogP contribution in [0, 0.1) is 23.7 Å². The second-order valence-electron chi connectivity index (χ2n) is 6.11. The van der Waals surface area contributed by atoms with E-state index in [2.05, 4.69) is 13.5 Å².